The second kappa shape index (κ2) is 6.07. The van der Waals surface area contributed by atoms with Gasteiger partial charge < -0.3 is 10.4 Å². The molecular formula is C18H24N2O4S. The number of nitrogens with zero attached hydrogens (tertiary/aromatic N) is 1. The lowest BCUT2D eigenvalue weighted by atomic mass is 9.77. The largest absolute Gasteiger partial charge is 0.392 e. The fourth-order valence-electron chi connectivity index (χ4n) is 4.59. The molecule has 6 nitrogen and oxygen atoms in total. The van der Waals surface area contributed by atoms with Crippen molar-refractivity contribution in [3.05, 3.63) is 23.8 Å². The smallest absolute Gasteiger partial charge is 0.243 e. The normalized spacial score (nSPS) is 30.3. The van der Waals surface area contributed by atoms with Gasteiger partial charge in [-0.2, -0.15) is 4.31 Å². The Bertz CT molecular complexity index is 807. The average Bonchev–Trinajstić information content (AvgIpc) is 2.94. The third-order valence-corrected chi connectivity index (χ3v) is 7.88. The van der Waals surface area contributed by atoms with Crippen molar-refractivity contribution >= 4 is 21.6 Å². The number of hydrogen-bond acceptors (Lipinski definition) is 4. The summed E-state index contributed by atoms with van der Waals surface area (Å²) in [6.45, 7) is 0.912. The van der Waals surface area contributed by atoms with Gasteiger partial charge in [-0.3, -0.25) is 4.79 Å². The second-order valence-electron chi connectivity index (χ2n) is 7.58. The molecule has 25 heavy (non-hydrogen) atoms. The predicted molar refractivity (Wildman–Crippen MR) is 93.7 cm³/mol. The molecule has 2 fully saturated rings. The number of sulfonamides is 1. The molecule has 0 bridgehead atoms. The number of aliphatic hydroxyl groups excluding tert-OH is 1. The van der Waals surface area contributed by atoms with E-state index in [-0.39, 0.29) is 16.2 Å². The molecule has 2 N–H and O–H groups in total. The Balaban J connectivity index is 1.62. The Hall–Kier alpha value is -1.44. The van der Waals surface area contributed by atoms with Gasteiger partial charge in [0.05, 0.1) is 11.0 Å². The van der Waals surface area contributed by atoms with Crippen LogP contribution in [0.1, 0.15) is 44.1 Å². The number of aliphatic hydroxyl groups is 1. The Morgan fingerprint density at radius 3 is 2.76 bits per heavy atom. The summed E-state index contributed by atoms with van der Waals surface area (Å²) in [7, 11) is -3.59. The number of benzene rings is 1. The molecule has 7 heteroatoms. The first-order valence-electron chi connectivity index (χ1n) is 9.02. The van der Waals surface area contributed by atoms with Crippen LogP contribution < -0.4 is 5.32 Å². The van der Waals surface area contributed by atoms with Gasteiger partial charge in [0, 0.05) is 30.6 Å². The van der Waals surface area contributed by atoms with E-state index in [1.807, 2.05) is 0 Å². The van der Waals surface area contributed by atoms with Gasteiger partial charge in [-0.25, -0.2) is 8.42 Å². The van der Waals surface area contributed by atoms with Gasteiger partial charge in [-0.1, -0.05) is 6.42 Å². The van der Waals surface area contributed by atoms with Gasteiger partial charge in [0.25, 0.3) is 0 Å². The zero-order valence-corrected chi connectivity index (χ0v) is 15.0. The minimum absolute atomic E-state index is 0.0312. The molecule has 136 valence electrons. The Labute approximate surface area is 148 Å². The molecule has 2 aliphatic heterocycles. The molecule has 1 amide bonds. The molecule has 1 aromatic rings. The highest BCUT2D eigenvalue weighted by Gasteiger charge is 2.47. The minimum Gasteiger partial charge on any atom is -0.392 e. The highest BCUT2D eigenvalue weighted by atomic mass is 32.2. The van der Waals surface area contributed by atoms with Gasteiger partial charge in [0.2, 0.25) is 15.9 Å². The first kappa shape index (κ1) is 17.0. The number of nitrogens with one attached hydrogen (secondary N) is 1. The number of anilines is 1. The standard InChI is InChI=1S/C18H24N2O4S/c21-16-3-1-8-18(16)9-2-10-20(12-18)25(23,24)14-5-6-15-13(11-14)4-7-17(22)19-15/h5-6,11,16,21H,1-4,7-10,12H2,(H,19,22)/t16-,18+/m1/s1. The number of rotatable bonds is 2. The summed E-state index contributed by atoms with van der Waals surface area (Å²) in [5, 5.41) is 13.2. The molecule has 3 aliphatic rings. The van der Waals surface area contributed by atoms with Crippen molar-refractivity contribution < 1.29 is 18.3 Å². The Morgan fingerprint density at radius 1 is 1.20 bits per heavy atom. The maximum absolute atomic E-state index is 13.1. The monoisotopic (exact) mass is 364 g/mol. The zero-order valence-electron chi connectivity index (χ0n) is 14.2. The van der Waals surface area contributed by atoms with Crippen LogP contribution in [-0.2, 0) is 21.2 Å². The number of amides is 1. The quantitative estimate of drug-likeness (QED) is 0.839. The first-order chi connectivity index (χ1) is 11.9. The van der Waals surface area contributed by atoms with Gasteiger partial charge in [-0.05, 0) is 55.9 Å². The Morgan fingerprint density at radius 2 is 2.00 bits per heavy atom. The third-order valence-electron chi connectivity index (χ3n) is 6.04. The van der Waals surface area contributed by atoms with Crippen LogP contribution in [-0.4, -0.2) is 42.9 Å². The van der Waals surface area contributed by atoms with E-state index >= 15 is 0 Å². The van der Waals surface area contributed by atoms with E-state index in [0.29, 0.717) is 31.6 Å². The molecule has 1 spiro atoms. The van der Waals surface area contributed by atoms with Crippen LogP contribution in [0.4, 0.5) is 5.69 Å². The maximum atomic E-state index is 13.1. The summed E-state index contributed by atoms with van der Waals surface area (Å²) < 4.78 is 27.8. The average molecular weight is 364 g/mol. The van der Waals surface area contributed by atoms with E-state index < -0.39 is 16.1 Å². The SMILES string of the molecule is O=C1CCc2cc(S(=O)(=O)N3CCC[C@@]4(CCC[C@H]4O)C3)ccc2N1. The highest BCUT2D eigenvalue weighted by molar-refractivity contribution is 7.89. The molecule has 0 aromatic heterocycles. The Kier molecular flexibility index (Phi) is 4.13. The van der Waals surface area contributed by atoms with Crippen molar-refractivity contribution in [2.75, 3.05) is 18.4 Å². The van der Waals surface area contributed by atoms with E-state index in [0.717, 1.165) is 37.7 Å². The van der Waals surface area contributed by atoms with Crippen LogP contribution in [0.5, 0.6) is 0 Å². The minimum atomic E-state index is -3.59. The summed E-state index contributed by atoms with van der Waals surface area (Å²) in [5.74, 6) is -0.0312. The van der Waals surface area contributed by atoms with Crippen molar-refractivity contribution in [1.82, 2.24) is 4.31 Å². The van der Waals surface area contributed by atoms with Gasteiger partial charge in [0.15, 0.2) is 0 Å². The fourth-order valence-corrected chi connectivity index (χ4v) is 6.21. The van der Waals surface area contributed by atoms with Crippen LogP contribution in [0.15, 0.2) is 23.1 Å². The number of piperidine rings is 1. The van der Waals surface area contributed by atoms with E-state index in [1.165, 1.54) is 0 Å². The van der Waals surface area contributed by atoms with Crippen LogP contribution >= 0.6 is 0 Å². The molecule has 0 unspecified atom stereocenters. The van der Waals surface area contributed by atoms with Crippen molar-refractivity contribution in [2.45, 2.75) is 55.9 Å². The van der Waals surface area contributed by atoms with Gasteiger partial charge in [0.1, 0.15) is 0 Å². The maximum Gasteiger partial charge on any atom is 0.243 e. The number of carbonyl (C=O) groups excluding carboxylic acids is 1. The number of carbonyl (C=O) groups is 1. The zero-order chi connectivity index (χ0) is 17.7. The summed E-state index contributed by atoms with van der Waals surface area (Å²) in [6.07, 6.45) is 4.87. The second-order valence-corrected chi connectivity index (χ2v) is 9.52. The van der Waals surface area contributed by atoms with E-state index in [1.54, 1.807) is 22.5 Å². The molecule has 1 saturated carbocycles. The number of fused-ring (bicyclic) bond motifs is 1. The summed E-state index contributed by atoms with van der Waals surface area (Å²) in [5.41, 5.74) is 1.30. The van der Waals surface area contributed by atoms with Gasteiger partial charge >= 0.3 is 0 Å². The highest BCUT2D eigenvalue weighted by Crippen LogP contribution is 2.46. The lowest BCUT2D eigenvalue weighted by molar-refractivity contribution is -0.116. The van der Waals surface area contributed by atoms with E-state index in [4.69, 9.17) is 0 Å². The topological polar surface area (TPSA) is 86.7 Å². The molecular weight excluding hydrogens is 340 g/mol. The van der Waals surface area contributed by atoms with Crippen LogP contribution in [0.3, 0.4) is 0 Å². The van der Waals surface area contributed by atoms with E-state index in [2.05, 4.69) is 5.32 Å². The van der Waals surface area contributed by atoms with Crippen LogP contribution in [0.25, 0.3) is 0 Å². The molecule has 4 rings (SSSR count). The van der Waals surface area contributed by atoms with E-state index in [9.17, 15) is 18.3 Å². The van der Waals surface area contributed by atoms with Crippen LogP contribution in [0, 0.1) is 5.41 Å². The van der Waals surface area contributed by atoms with Crippen molar-refractivity contribution in [1.29, 1.82) is 0 Å². The van der Waals surface area contributed by atoms with Crippen molar-refractivity contribution in [3.8, 4) is 0 Å². The van der Waals surface area contributed by atoms with Crippen LogP contribution in [0.2, 0.25) is 0 Å². The number of hydrogen-bond donors (Lipinski definition) is 2. The molecule has 1 aliphatic carbocycles. The lowest BCUT2D eigenvalue weighted by Crippen LogP contribution is -2.49. The van der Waals surface area contributed by atoms with Gasteiger partial charge in [-0.15, -0.1) is 0 Å². The summed E-state index contributed by atoms with van der Waals surface area (Å²) in [4.78, 5) is 11.8. The van der Waals surface area contributed by atoms with Crippen molar-refractivity contribution in [3.63, 3.8) is 0 Å². The molecule has 1 saturated heterocycles. The molecule has 2 atom stereocenters. The first-order valence-corrected chi connectivity index (χ1v) is 10.5. The molecule has 0 radical (unpaired) electrons. The predicted octanol–water partition coefficient (Wildman–Crippen LogP) is 1.89. The summed E-state index contributed by atoms with van der Waals surface area (Å²) in [6, 6.07) is 4.95. The fraction of sp³-hybridized carbons (Fsp3) is 0.611. The molecule has 1 aromatic carbocycles. The molecule has 2 heterocycles. The lowest BCUT2D eigenvalue weighted by Gasteiger charge is -2.41. The van der Waals surface area contributed by atoms with Crippen molar-refractivity contribution in [2.24, 2.45) is 5.41 Å². The third kappa shape index (κ3) is 2.88. The summed E-state index contributed by atoms with van der Waals surface area (Å²) >= 11 is 0. The number of aryl methyl sites for hydroxylation is 1.